The minimum atomic E-state index is -3.64. The van der Waals surface area contributed by atoms with Crippen molar-refractivity contribution in [3.63, 3.8) is 0 Å². The normalized spacial score (nSPS) is 19.6. The minimum Gasteiger partial charge on any atom is -0.339 e. The smallest absolute Gasteiger partial charge is 0.265 e. The molecular formula is C16H23N3O4S3. The average molecular weight is 418 g/mol. The van der Waals surface area contributed by atoms with E-state index in [2.05, 4.69) is 0 Å². The van der Waals surface area contributed by atoms with E-state index in [-0.39, 0.29) is 21.6 Å². The number of carbonyl (C=O) groups is 2. The van der Waals surface area contributed by atoms with Crippen molar-refractivity contribution in [2.75, 3.05) is 50.8 Å². The third kappa shape index (κ3) is 3.92. The van der Waals surface area contributed by atoms with Crippen LogP contribution in [0.3, 0.4) is 0 Å². The highest BCUT2D eigenvalue weighted by Gasteiger charge is 2.33. The number of amides is 2. The van der Waals surface area contributed by atoms with Crippen molar-refractivity contribution in [2.24, 2.45) is 0 Å². The van der Waals surface area contributed by atoms with E-state index in [0.717, 1.165) is 11.5 Å². The molecule has 1 aromatic rings. The number of sulfonamides is 1. The molecule has 144 valence electrons. The summed E-state index contributed by atoms with van der Waals surface area (Å²) in [5, 5.41) is 1.66. The quantitative estimate of drug-likeness (QED) is 0.735. The maximum absolute atomic E-state index is 12.9. The van der Waals surface area contributed by atoms with Gasteiger partial charge in [0.2, 0.25) is 15.9 Å². The first-order valence-electron chi connectivity index (χ1n) is 8.67. The van der Waals surface area contributed by atoms with Gasteiger partial charge in [-0.25, -0.2) is 8.42 Å². The van der Waals surface area contributed by atoms with Crippen LogP contribution in [0, 0.1) is 0 Å². The van der Waals surface area contributed by atoms with Gasteiger partial charge in [-0.15, -0.1) is 11.3 Å². The number of carbonyl (C=O) groups excluding carboxylic acids is 2. The Balaban J connectivity index is 1.74. The molecule has 3 heterocycles. The number of hydrogen-bond acceptors (Lipinski definition) is 6. The van der Waals surface area contributed by atoms with Crippen LogP contribution < -0.4 is 0 Å². The van der Waals surface area contributed by atoms with Crippen molar-refractivity contribution in [1.82, 2.24) is 14.1 Å². The Labute approximate surface area is 162 Å². The van der Waals surface area contributed by atoms with Gasteiger partial charge in [-0.3, -0.25) is 9.59 Å². The van der Waals surface area contributed by atoms with Crippen molar-refractivity contribution < 1.29 is 18.0 Å². The van der Waals surface area contributed by atoms with Gasteiger partial charge in [0.05, 0.1) is 0 Å². The van der Waals surface area contributed by atoms with Gasteiger partial charge in [0.25, 0.3) is 5.91 Å². The van der Waals surface area contributed by atoms with Crippen LogP contribution in [0.5, 0.6) is 0 Å². The molecule has 0 saturated carbocycles. The number of rotatable bonds is 4. The van der Waals surface area contributed by atoms with Crippen molar-refractivity contribution >= 4 is 44.9 Å². The molecule has 0 spiro atoms. The lowest BCUT2D eigenvalue weighted by Crippen LogP contribution is -2.50. The summed E-state index contributed by atoms with van der Waals surface area (Å²) in [4.78, 5) is 28.5. The summed E-state index contributed by atoms with van der Waals surface area (Å²) in [6, 6.07) is 1.53. The fourth-order valence-corrected chi connectivity index (χ4v) is 7.05. The summed E-state index contributed by atoms with van der Waals surface area (Å²) in [5.41, 5.74) is 0. The Bertz CT molecular complexity index is 763. The first-order valence-corrected chi connectivity index (χ1v) is 12.1. The molecule has 2 aliphatic heterocycles. The van der Waals surface area contributed by atoms with Gasteiger partial charge in [0.1, 0.15) is 9.77 Å². The third-order valence-electron chi connectivity index (χ3n) is 4.63. The van der Waals surface area contributed by atoms with E-state index in [1.807, 2.05) is 6.92 Å². The number of piperazine rings is 1. The van der Waals surface area contributed by atoms with E-state index < -0.39 is 10.0 Å². The molecule has 0 radical (unpaired) electrons. The van der Waals surface area contributed by atoms with Gasteiger partial charge < -0.3 is 9.80 Å². The Morgan fingerprint density at radius 1 is 1.04 bits per heavy atom. The molecule has 0 aliphatic carbocycles. The topological polar surface area (TPSA) is 78.0 Å². The highest BCUT2D eigenvalue weighted by molar-refractivity contribution is 7.99. The average Bonchev–Trinajstić information content (AvgIpc) is 3.18. The molecular weight excluding hydrogens is 394 g/mol. The second-order valence-corrected chi connectivity index (χ2v) is 10.2. The number of hydrogen-bond donors (Lipinski definition) is 0. The molecule has 10 heteroatoms. The van der Waals surface area contributed by atoms with Crippen molar-refractivity contribution in [1.29, 1.82) is 0 Å². The van der Waals surface area contributed by atoms with Gasteiger partial charge in [0.15, 0.2) is 0 Å². The van der Waals surface area contributed by atoms with Crippen molar-refractivity contribution in [2.45, 2.75) is 18.2 Å². The number of thioether (sulfide) groups is 1. The molecule has 7 nitrogen and oxygen atoms in total. The van der Waals surface area contributed by atoms with E-state index in [9.17, 15) is 18.0 Å². The third-order valence-corrected chi connectivity index (χ3v) is 8.55. The Morgan fingerprint density at radius 2 is 1.65 bits per heavy atom. The Morgan fingerprint density at radius 3 is 2.27 bits per heavy atom. The summed E-state index contributed by atoms with van der Waals surface area (Å²) >= 11 is 2.91. The van der Waals surface area contributed by atoms with E-state index in [1.165, 1.54) is 21.7 Å². The number of nitrogens with zero attached hydrogens (tertiary/aromatic N) is 3. The molecule has 0 atom stereocenters. The lowest BCUT2D eigenvalue weighted by Gasteiger charge is -2.34. The molecule has 2 aliphatic rings. The lowest BCUT2D eigenvalue weighted by atomic mass is 10.2. The zero-order chi connectivity index (χ0) is 18.7. The zero-order valence-corrected chi connectivity index (χ0v) is 17.2. The van der Waals surface area contributed by atoms with Gasteiger partial charge in [-0.1, -0.05) is 6.92 Å². The first-order chi connectivity index (χ1) is 12.4. The molecule has 26 heavy (non-hydrogen) atoms. The van der Waals surface area contributed by atoms with Gasteiger partial charge >= 0.3 is 0 Å². The highest BCUT2D eigenvalue weighted by Crippen LogP contribution is 2.28. The van der Waals surface area contributed by atoms with E-state index in [1.54, 1.807) is 26.9 Å². The van der Waals surface area contributed by atoms with Gasteiger partial charge in [-0.05, 0) is 11.4 Å². The van der Waals surface area contributed by atoms with E-state index in [0.29, 0.717) is 45.7 Å². The summed E-state index contributed by atoms with van der Waals surface area (Å²) in [7, 11) is -3.64. The largest absolute Gasteiger partial charge is 0.339 e. The van der Waals surface area contributed by atoms with Crippen molar-refractivity contribution in [3.05, 3.63) is 16.3 Å². The second kappa shape index (κ2) is 8.28. The standard InChI is InChI=1S/C16H23N3O4S3/c1-2-14(20)17-4-6-18(7-5-17)16(21)15-13(3-10-25-15)26(22,23)19-8-11-24-12-9-19/h3,10H,2,4-9,11-12H2,1H3. The fourth-order valence-electron chi connectivity index (χ4n) is 3.11. The maximum atomic E-state index is 12.9. The minimum absolute atomic E-state index is 0.0828. The van der Waals surface area contributed by atoms with Crippen LogP contribution >= 0.6 is 23.1 Å². The molecule has 0 N–H and O–H groups in total. The van der Waals surface area contributed by atoms with Crippen LogP contribution in [0.1, 0.15) is 23.0 Å². The van der Waals surface area contributed by atoms with E-state index >= 15 is 0 Å². The number of thiophene rings is 1. The predicted molar refractivity (Wildman–Crippen MR) is 103 cm³/mol. The SMILES string of the molecule is CCC(=O)N1CCN(C(=O)c2sccc2S(=O)(=O)N2CCSCC2)CC1. The fraction of sp³-hybridized carbons (Fsp3) is 0.625. The van der Waals surface area contributed by atoms with Crippen LogP contribution in [0.2, 0.25) is 0 Å². The maximum Gasteiger partial charge on any atom is 0.265 e. The van der Waals surface area contributed by atoms with Crippen LogP contribution in [0.15, 0.2) is 16.3 Å². The second-order valence-electron chi connectivity index (χ2n) is 6.16. The molecule has 1 aromatic heterocycles. The first kappa shape index (κ1) is 19.7. The van der Waals surface area contributed by atoms with Crippen LogP contribution in [-0.2, 0) is 14.8 Å². The molecule has 3 rings (SSSR count). The highest BCUT2D eigenvalue weighted by atomic mass is 32.2. The van der Waals surface area contributed by atoms with Crippen LogP contribution in [0.4, 0.5) is 0 Å². The summed E-state index contributed by atoms with van der Waals surface area (Å²) in [6.07, 6.45) is 0.454. The Hall–Kier alpha value is -1.10. The summed E-state index contributed by atoms with van der Waals surface area (Å²) < 4.78 is 27.3. The van der Waals surface area contributed by atoms with Crippen LogP contribution in [0.25, 0.3) is 0 Å². The lowest BCUT2D eigenvalue weighted by molar-refractivity contribution is -0.132. The van der Waals surface area contributed by atoms with Crippen molar-refractivity contribution in [3.8, 4) is 0 Å². The molecule has 0 aromatic carbocycles. The molecule has 2 saturated heterocycles. The van der Waals surface area contributed by atoms with Gasteiger partial charge in [-0.2, -0.15) is 16.1 Å². The molecule has 0 unspecified atom stereocenters. The molecule has 2 amide bonds. The van der Waals surface area contributed by atoms with Crippen LogP contribution in [-0.4, -0.2) is 85.1 Å². The summed E-state index contributed by atoms with van der Waals surface area (Å²) in [6.45, 7) is 4.64. The molecule has 0 bridgehead atoms. The predicted octanol–water partition coefficient (Wildman–Crippen LogP) is 1.18. The monoisotopic (exact) mass is 417 g/mol. The van der Waals surface area contributed by atoms with E-state index in [4.69, 9.17) is 0 Å². The Kier molecular flexibility index (Phi) is 6.26. The molecule has 2 fully saturated rings. The zero-order valence-electron chi connectivity index (χ0n) is 14.7. The van der Waals surface area contributed by atoms with Gasteiger partial charge in [0, 0.05) is 57.2 Å². The summed E-state index contributed by atoms with van der Waals surface area (Å²) in [5.74, 6) is 1.38.